The van der Waals surface area contributed by atoms with E-state index in [2.05, 4.69) is 4.98 Å². The average Bonchev–Trinajstić information content (AvgIpc) is 2.38. The zero-order valence-electron chi connectivity index (χ0n) is 11.2. The van der Waals surface area contributed by atoms with Crippen LogP contribution in [0, 0.1) is 0 Å². The Kier molecular flexibility index (Phi) is 4.08. The molecule has 0 unspecified atom stereocenters. The van der Waals surface area contributed by atoms with Gasteiger partial charge in [0.2, 0.25) is 0 Å². The summed E-state index contributed by atoms with van der Waals surface area (Å²) < 4.78 is 24.7. The molecule has 2 rings (SSSR count). The van der Waals surface area contributed by atoms with Crippen molar-refractivity contribution in [2.24, 2.45) is 0 Å². The Bertz CT molecular complexity index is 781. The Morgan fingerprint density at radius 1 is 1.30 bits per heavy atom. The summed E-state index contributed by atoms with van der Waals surface area (Å²) >= 11 is 0. The molecule has 0 fully saturated rings. The third-order valence-corrected chi connectivity index (χ3v) is 4.84. The SMILES string of the molecule is CCCS(=O)(=O)CCn1cnc2ccc(N)cc2c1=O. The molecular weight excluding hydrogens is 278 g/mol. The summed E-state index contributed by atoms with van der Waals surface area (Å²) in [6, 6.07) is 4.90. The smallest absolute Gasteiger partial charge is 0.261 e. The summed E-state index contributed by atoms with van der Waals surface area (Å²) in [6.07, 6.45) is 1.95. The summed E-state index contributed by atoms with van der Waals surface area (Å²) in [7, 11) is -3.12. The van der Waals surface area contributed by atoms with Crippen LogP contribution in [-0.4, -0.2) is 29.5 Å². The molecule has 0 saturated heterocycles. The van der Waals surface area contributed by atoms with Crippen LogP contribution in [0.1, 0.15) is 13.3 Å². The minimum atomic E-state index is -3.12. The predicted octanol–water partition coefficient (Wildman–Crippen LogP) is 0.803. The summed E-state index contributed by atoms with van der Waals surface area (Å²) in [6.45, 7) is 1.92. The van der Waals surface area contributed by atoms with Crippen LogP contribution >= 0.6 is 0 Å². The predicted molar refractivity (Wildman–Crippen MR) is 79.4 cm³/mol. The first kappa shape index (κ1) is 14.5. The fourth-order valence-corrected chi connectivity index (χ4v) is 3.29. The third kappa shape index (κ3) is 3.16. The number of benzene rings is 1. The summed E-state index contributed by atoms with van der Waals surface area (Å²) in [5.41, 5.74) is 6.42. The van der Waals surface area contributed by atoms with E-state index in [0.717, 1.165) is 0 Å². The zero-order valence-corrected chi connectivity index (χ0v) is 12.1. The van der Waals surface area contributed by atoms with E-state index in [4.69, 9.17) is 5.73 Å². The fraction of sp³-hybridized carbons (Fsp3) is 0.385. The highest BCUT2D eigenvalue weighted by molar-refractivity contribution is 7.91. The number of nitrogens with two attached hydrogens (primary N) is 1. The van der Waals surface area contributed by atoms with E-state index in [1.54, 1.807) is 18.2 Å². The lowest BCUT2D eigenvalue weighted by Crippen LogP contribution is -2.25. The van der Waals surface area contributed by atoms with E-state index < -0.39 is 9.84 Å². The van der Waals surface area contributed by atoms with Gasteiger partial charge in [-0.2, -0.15) is 0 Å². The number of aromatic nitrogens is 2. The van der Waals surface area contributed by atoms with Crippen molar-refractivity contribution in [3.8, 4) is 0 Å². The molecule has 2 aromatic rings. The summed E-state index contributed by atoms with van der Waals surface area (Å²) in [5, 5.41) is 0.403. The van der Waals surface area contributed by atoms with Crippen molar-refractivity contribution in [3.63, 3.8) is 0 Å². The maximum atomic E-state index is 12.2. The lowest BCUT2D eigenvalue weighted by molar-refractivity contribution is 0.585. The van der Waals surface area contributed by atoms with Crippen LogP contribution in [0.25, 0.3) is 10.9 Å². The number of nitrogens with zero attached hydrogens (tertiary/aromatic N) is 2. The molecule has 108 valence electrons. The normalized spacial score (nSPS) is 11.8. The third-order valence-electron chi connectivity index (χ3n) is 3.01. The molecule has 0 aliphatic heterocycles. The van der Waals surface area contributed by atoms with Crippen LogP contribution in [0.15, 0.2) is 29.3 Å². The van der Waals surface area contributed by atoms with Crippen molar-refractivity contribution in [2.45, 2.75) is 19.9 Å². The maximum absolute atomic E-state index is 12.2. The van der Waals surface area contributed by atoms with Crippen LogP contribution in [0.3, 0.4) is 0 Å². The van der Waals surface area contributed by atoms with E-state index >= 15 is 0 Å². The van der Waals surface area contributed by atoms with Gasteiger partial charge in [-0.3, -0.25) is 9.36 Å². The molecule has 0 bridgehead atoms. The minimum Gasteiger partial charge on any atom is -0.399 e. The number of anilines is 1. The van der Waals surface area contributed by atoms with E-state index in [9.17, 15) is 13.2 Å². The lowest BCUT2D eigenvalue weighted by atomic mass is 10.2. The number of sulfone groups is 1. The van der Waals surface area contributed by atoms with Gasteiger partial charge in [0.05, 0.1) is 23.0 Å². The number of hydrogen-bond donors (Lipinski definition) is 1. The minimum absolute atomic E-state index is 0.0593. The molecule has 0 atom stereocenters. The molecule has 0 spiro atoms. The van der Waals surface area contributed by atoms with Crippen LogP contribution in [0.4, 0.5) is 5.69 Å². The number of nitrogen functional groups attached to an aromatic ring is 1. The van der Waals surface area contributed by atoms with Gasteiger partial charge in [-0.05, 0) is 24.6 Å². The monoisotopic (exact) mass is 295 g/mol. The first-order valence-corrected chi connectivity index (χ1v) is 8.20. The van der Waals surface area contributed by atoms with E-state index in [-0.39, 0.29) is 23.6 Å². The van der Waals surface area contributed by atoms with Gasteiger partial charge in [0, 0.05) is 18.0 Å². The highest BCUT2D eigenvalue weighted by Crippen LogP contribution is 2.11. The number of hydrogen-bond acceptors (Lipinski definition) is 5. The van der Waals surface area contributed by atoms with E-state index in [0.29, 0.717) is 23.0 Å². The van der Waals surface area contributed by atoms with Crippen molar-refractivity contribution in [2.75, 3.05) is 17.2 Å². The molecule has 7 heteroatoms. The highest BCUT2D eigenvalue weighted by atomic mass is 32.2. The van der Waals surface area contributed by atoms with Gasteiger partial charge in [0.25, 0.3) is 5.56 Å². The second-order valence-electron chi connectivity index (χ2n) is 4.67. The lowest BCUT2D eigenvalue weighted by Gasteiger charge is -2.07. The van der Waals surface area contributed by atoms with Gasteiger partial charge in [-0.15, -0.1) is 0 Å². The van der Waals surface area contributed by atoms with Crippen LogP contribution < -0.4 is 11.3 Å². The molecule has 1 aromatic heterocycles. The van der Waals surface area contributed by atoms with Crippen LogP contribution in [-0.2, 0) is 16.4 Å². The van der Waals surface area contributed by atoms with E-state index in [1.807, 2.05) is 6.92 Å². The largest absolute Gasteiger partial charge is 0.399 e. The molecular formula is C13H17N3O3S. The van der Waals surface area contributed by atoms with Crippen molar-refractivity contribution >= 4 is 26.4 Å². The fourth-order valence-electron chi connectivity index (χ4n) is 1.99. The highest BCUT2D eigenvalue weighted by Gasteiger charge is 2.11. The first-order valence-electron chi connectivity index (χ1n) is 6.38. The standard InChI is InChI=1S/C13H17N3O3S/c1-2-6-20(18,19)7-5-16-9-15-12-4-3-10(14)8-11(12)13(16)17/h3-4,8-9H,2,5-7,14H2,1H3. The molecule has 20 heavy (non-hydrogen) atoms. The van der Waals surface area contributed by atoms with Crippen molar-refractivity contribution < 1.29 is 8.42 Å². The van der Waals surface area contributed by atoms with Gasteiger partial charge < -0.3 is 5.73 Å². The molecule has 0 saturated carbocycles. The van der Waals surface area contributed by atoms with Crippen molar-refractivity contribution in [3.05, 3.63) is 34.9 Å². The zero-order chi connectivity index (χ0) is 14.8. The van der Waals surface area contributed by atoms with Crippen LogP contribution in [0.5, 0.6) is 0 Å². The Morgan fingerprint density at radius 2 is 2.05 bits per heavy atom. The van der Waals surface area contributed by atoms with E-state index in [1.165, 1.54) is 10.9 Å². The second-order valence-corrected chi connectivity index (χ2v) is 6.98. The molecule has 0 radical (unpaired) electrons. The summed E-state index contributed by atoms with van der Waals surface area (Å²) in [5.74, 6) is 0.0754. The topological polar surface area (TPSA) is 95.1 Å². The molecule has 2 N–H and O–H groups in total. The molecule has 1 heterocycles. The summed E-state index contributed by atoms with van der Waals surface area (Å²) in [4.78, 5) is 16.4. The van der Waals surface area contributed by atoms with Gasteiger partial charge in [0.1, 0.15) is 0 Å². The van der Waals surface area contributed by atoms with Crippen LogP contribution in [0.2, 0.25) is 0 Å². The average molecular weight is 295 g/mol. The molecule has 0 amide bonds. The second kappa shape index (κ2) is 5.62. The molecule has 0 aliphatic rings. The Balaban J connectivity index is 2.32. The quantitative estimate of drug-likeness (QED) is 0.823. The number of aryl methyl sites for hydroxylation is 1. The van der Waals surface area contributed by atoms with Crippen molar-refractivity contribution in [1.82, 2.24) is 9.55 Å². The van der Waals surface area contributed by atoms with Gasteiger partial charge >= 0.3 is 0 Å². The van der Waals surface area contributed by atoms with Gasteiger partial charge in [-0.1, -0.05) is 6.92 Å². The Hall–Kier alpha value is -1.89. The molecule has 1 aromatic carbocycles. The Morgan fingerprint density at radius 3 is 2.75 bits per heavy atom. The number of fused-ring (bicyclic) bond motifs is 1. The van der Waals surface area contributed by atoms with Gasteiger partial charge in [-0.25, -0.2) is 13.4 Å². The maximum Gasteiger partial charge on any atom is 0.261 e. The number of rotatable bonds is 5. The van der Waals surface area contributed by atoms with Crippen molar-refractivity contribution in [1.29, 1.82) is 0 Å². The molecule has 6 nitrogen and oxygen atoms in total. The first-order chi connectivity index (χ1) is 9.43. The van der Waals surface area contributed by atoms with Gasteiger partial charge in [0.15, 0.2) is 9.84 Å². The Labute approximate surface area is 117 Å². The molecule has 0 aliphatic carbocycles.